The van der Waals surface area contributed by atoms with Crippen LogP contribution in [-0.2, 0) is 19.1 Å². The second kappa shape index (κ2) is 13.4. The van der Waals surface area contributed by atoms with Gasteiger partial charge >= 0.3 is 12.1 Å². The van der Waals surface area contributed by atoms with Gasteiger partial charge in [0.25, 0.3) is 0 Å². The lowest BCUT2D eigenvalue weighted by Gasteiger charge is -2.36. The molecule has 0 saturated carbocycles. The van der Waals surface area contributed by atoms with Crippen molar-refractivity contribution in [1.29, 1.82) is 0 Å². The molecule has 0 heterocycles. The van der Waals surface area contributed by atoms with Gasteiger partial charge in [-0.3, -0.25) is 9.69 Å². The molecule has 2 unspecified atom stereocenters. The molecule has 0 aliphatic heterocycles. The third-order valence-electron chi connectivity index (χ3n) is 4.65. The highest BCUT2D eigenvalue weighted by molar-refractivity contribution is 5.89. The van der Waals surface area contributed by atoms with Gasteiger partial charge in [0, 0.05) is 14.1 Å². The Hall–Kier alpha value is -1.79. The van der Waals surface area contributed by atoms with Crippen LogP contribution in [0, 0.1) is 11.8 Å². The summed E-state index contributed by atoms with van der Waals surface area (Å²) in [4.78, 5) is 40.8. The van der Waals surface area contributed by atoms with Crippen LogP contribution in [0.15, 0.2) is 0 Å². The molecule has 0 bridgehead atoms. The van der Waals surface area contributed by atoms with Crippen molar-refractivity contribution in [2.45, 2.75) is 79.3 Å². The highest BCUT2D eigenvalue weighted by atomic mass is 16.6. The summed E-state index contributed by atoms with van der Waals surface area (Å²) in [5.74, 6) is -0.948. The third-order valence-corrected chi connectivity index (χ3v) is 4.65. The van der Waals surface area contributed by atoms with Gasteiger partial charge in [-0.05, 0) is 24.7 Å². The van der Waals surface area contributed by atoms with E-state index in [1.807, 2.05) is 34.6 Å². The normalized spacial score (nSPS) is 13.2. The zero-order valence-electron chi connectivity index (χ0n) is 19.0. The van der Waals surface area contributed by atoms with Crippen molar-refractivity contribution in [1.82, 2.24) is 9.80 Å². The van der Waals surface area contributed by atoms with Gasteiger partial charge in [0.15, 0.2) is 0 Å². The predicted molar refractivity (Wildman–Crippen MR) is 110 cm³/mol. The zero-order chi connectivity index (χ0) is 21.9. The minimum absolute atomic E-state index is 0.113. The van der Waals surface area contributed by atoms with Crippen LogP contribution in [0.2, 0.25) is 0 Å². The number of rotatable bonds is 12. The van der Waals surface area contributed by atoms with Gasteiger partial charge in [-0.2, -0.15) is 0 Å². The maximum absolute atomic E-state index is 13.2. The summed E-state index contributed by atoms with van der Waals surface area (Å²) in [7, 11) is 3.16. The lowest BCUT2D eigenvalue weighted by Crippen LogP contribution is -2.56. The Labute approximate surface area is 170 Å². The first-order chi connectivity index (χ1) is 13.1. The van der Waals surface area contributed by atoms with Gasteiger partial charge in [-0.25, -0.2) is 9.59 Å². The van der Waals surface area contributed by atoms with E-state index in [4.69, 9.17) is 9.47 Å². The van der Waals surface area contributed by atoms with Gasteiger partial charge in [-0.15, -0.1) is 0 Å². The van der Waals surface area contributed by atoms with Crippen molar-refractivity contribution in [3.05, 3.63) is 0 Å². The number of carbonyl (C=O) groups excluding carboxylic acids is 3. The summed E-state index contributed by atoms with van der Waals surface area (Å²) in [6.45, 7) is 12.1. The minimum Gasteiger partial charge on any atom is -0.464 e. The molecule has 0 radical (unpaired) electrons. The number of unbranched alkanes of at least 4 members (excludes halogenated alkanes) is 2. The summed E-state index contributed by atoms with van der Waals surface area (Å²) in [5, 5.41) is 0. The zero-order valence-corrected chi connectivity index (χ0v) is 19.0. The van der Waals surface area contributed by atoms with Crippen molar-refractivity contribution in [2.75, 3.05) is 27.3 Å². The van der Waals surface area contributed by atoms with E-state index >= 15 is 0 Å². The fraction of sp³-hybridized carbons (Fsp3) is 0.857. The number of hydrogen-bond donors (Lipinski definition) is 0. The van der Waals surface area contributed by atoms with Crippen LogP contribution >= 0.6 is 0 Å². The Bertz CT molecular complexity index is 493. The van der Waals surface area contributed by atoms with Gasteiger partial charge in [-0.1, -0.05) is 54.4 Å². The van der Waals surface area contributed by atoms with Crippen LogP contribution in [0.3, 0.4) is 0 Å². The van der Waals surface area contributed by atoms with Gasteiger partial charge in [0.2, 0.25) is 5.91 Å². The minimum atomic E-state index is -0.719. The van der Waals surface area contributed by atoms with Crippen LogP contribution < -0.4 is 0 Å². The molecule has 0 aliphatic rings. The summed E-state index contributed by atoms with van der Waals surface area (Å²) in [6.07, 6.45) is 3.02. The number of carbonyl (C=O) groups is 3. The lowest BCUT2D eigenvalue weighted by atomic mass is 9.98. The first-order valence-corrected chi connectivity index (χ1v) is 10.4. The summed E-state index contributed by atoms with van der Waals surface area (Å²) < 4.78 is 10.6. The van der Waals surface area contributed by atoms with Crippen LogP contribution in [0.25, 0.3) is 0 Å². The molecule has 7 heteroatoms. The number of amides is 2. The number of likely N-dealkylation sites (N-methyl/N-ethyl adjacent to an activating group) is 2. The van der Waals surface area contributed by atoms with Gasteiger partial charge < -0.3 is 14.4 Å². The molecular formula is C21H40N2O5. The lowest BCUT2D eigenvalue weighted by molar-refractivity contribution is -0.158. The Kier molecular flexibility index (Phi) is 12.5. The topological polar surface area (TPSA) is 76.2 Å². The molecule has 0 aromatic carbocycles. The second-order valence-corrected chi connectivity index (χ2v) is 7.93. The third kappa shape index (κ3) is 8.07. The Morgan fingerprint density at radius 3 is 1.79 bits per heavy atom. The SMILES string of the molecule is CCCCCOC(=O)C(C(C)C)N(C)C(=O)C(C(C)C)N(C)C(=O)OCCC. The molecule has 7 nitrogen and oxygen atoms in total. The van der Waals surface area contributed by atoms with Crippen molar-refractivity contribution in [2.24, 2.45) is 11.8 Å². The van der Waals surface area contributed by atoms with Crippen LogP contribution in [-0.4, -0.2) is 67.2 Å². The molecule has 164 valence electrons. The van der Waals surface area contributed by atoms with Crippen molar-refractivity contribution in [3.63, 3.8) is 0 Å². The molecule has 0 N–H and O–H groups in total. The number of nitrogens with zero attached hydrogens (tertiary/aromatic N) is 2. The molecule has 0 aromatic rings. The summed E-state index contributed by atoms with van der Waals surface area (Å²) in [5.41, 5.74) is 0. The van der Waals surface area contributed by atoms with Crippen molar-refractivity contribution in [3.8, 4) is 0 Å². The molecule has 0 saturated heterocycles. The van der Waals surface area contributed by atoms with Crippen LogP contribution in [0.1, 0.15) is 67.2 Å². The van der Waals surface area contributed by atoms with E-state index in [0.29, 0.717) is 19.6 Å². The van der Waals surface area contributed by atoms with E-state index < -0.39 is 24.1 Å². The monoisotopic (exact) mass is 400 g/mol. The van der Waals surface area contributed by atoms with E-state index in [1.54, 1.807) is 14.1 Å². The fourth-order valence-electron chi connectivity index (χ4n) is 3.14. The molecular weight excluding hydrogens is 360 g/mol. The van der Waals surface area contributed by atoms with Crippen molar-refractivity contribution < 1.29 is 23.9 Å². The van der Waals surface area contributed by atoms with Crippen molar-refractivity contribution >= 4 is 18.0 Å². The van der Waals surface area contributed by atoms with Crippen LogP contribution in [0.4, 0.5) is 4.79 Å². The van der Waals surface area contributed by atoms with E-state index in [-0.39, 0.29) is 17.7 Å². The Morgan fingerprint density at radius 1 is 0.750 bits per heavy atom. The van der Waals surface area contributed by atoms with E-state index in [0.717, 1.165) is 19.3 Å². The maximum atomic E-state index is 13.2. The molecule has 28 heavy (non-hydrogen) atoms. The second-order valence-electron chi connectivity index (χ2n) is 7.93. The first kappa shape index (κ1) is 26.2. The maximum Gasteiger partial charge on any atom is 0.410 e. The largest absolute Gasteiger partial charge is 0.464 e. The summed E-state index contributed by atoms with van der Waals surface area (Å²) in [6, 6.07) is -1.42. The Morgan fingerprint density at radius 2 is 1.32 bits per heavy atom. The smallest absolute Gasteiger partial charge is 0.410 e. The van der Waals surface area contributed by atoms with E-state index in [2.05, 4.69) is 6.92 Å². The highest BCUT2D eigenvalue weighted by Gasteiger charge is 2.38. The number of hydrogen-bond acceptors (Lipinski definition) is 5. The number of esters is 1. The quantitative estimate of drug-likeness (QED) is 0.369. The predicted octanol–water partition coefficient (Wildman–Crippen LogP) is 3.71. The fourth-order valence-corrected chi connectivity index (χ4v) is 3.14. The standard InChI is InChI=1S/C21H40N2O5/c1-9-11-12-14-27-20(25)18(16(5)6)22(7)19(24)17(15(3)4)23(8)21(26)28-13-10-2/h15-18H,9-14H2,1-8H3. The number of ether oxygens (including phenoxy) is 2. The average molecular weight is 401 g/mol. The van der Waals surface area contributed by atoms with Crippen LogP contribution in [0.5, 0.6) is 0 Å². The molecule has 0 spiro atoms. The Balaban J connectivity index is 5.30. The van der Waals surface area contributed by atoms with E-state index in [9.17, 15) is 14.4 Å². The first-order valence-electron chi connectivity index (χ1n) is 10.4. The van der Waals surface area contributed by atoms with E-state index in [1.165, 1.54) is 9.80 Å². The van der Waals surface area contributed by atoms with Gasteiger partial charge in [0.05, 0.1) is 13.2 Å². The average Bonchev–Trinajstić information content (AvgIpc) is 2.62. The molecule has 0 aliphatic carbocycles. The van der Waals surface area contributed by atoms with Gasteiger partial charge in [0.1, 0.15) is 12.1 Å². The molecule has 2 atom stereocenters. The summed E-state index contributed by atoms with van der Waals surface area (Å²) >= 11 is 0. The molecule has 2 amide bonds. The highest BCUT2D eigenvalue weighted by Crippen LogP contribution is 2.19. The molecule has 0 fully saturated rings. The molecule has 0 rings (SSSR count). The molecule has 0 aromatic heterocycles.